The highest BCUT2D eigenvalue weighted by Crippen LogP contribution is 2.49. The van der Waals surface area contributed by atoms with Crippen LogP contribution in [0.2, 0.25) is 0 Å². The molecule has 0 saturated heterocycles. The van der Waals surface area contributed by atoms with Crippen LogP contribution in [0.1, 0.15) is 47.8 Å². The van der Waals surface area contributed by atoms with Gasteiger partial charge in [0, 0.05) is 27.3 Å². The van der Waals surface area contributed by atoms with Crippen molar-refractivity contribution in [1.82, 2.24) is 5.32 Å². The van der Waals surface area contributed by atoms with Crippen molar-refractivity contribution in [2.45, 2.75) is 25.4 Å². The predicted molar refractivity (Wildman–Crippen MR) is 241 cm³/mol. The van der Waals surface area contributed by atoms with Crippen LogP contribution in [0.3, 0.4) is 0 Å². The molecule has 0 radical (unpaired) electrons. The molecule has 1 aromatic heterocycles. The molecule has 0 bridgehead atoms. The van der Waals surface area contributed by atoms with Crippen LogP contribution in [0.4, 0.5) is 0 Å². The lowest BCUT2D eigenvalue weighted by atomic mass is 9.82. The lowest BCUT2D eigenvalue weighted by Gasteiger charge is -2.25. The fourth-order valence-corrected chi connectivity index (χ4v) is 9.67. The van der Waals surface area contributed by atoms with Crippen molar-refractivity contribution < 1.29 is 4.42 Å². The van der Waals surface area contributed by atoms with E-state index in [-0.39, 0.29) is 11.6 Å². The van der Waals surface area contributed by atoms with Crippen LogP contribution in [0.25, 0.3) is 76.5 Å². The van der Waals surface area contributed by atoms with Crippen molar-refractivity contribution in [2.75, 3.05) is 0 Å². The first kappa shape index (κ1) is 32.9. The average Bonchev–Trinajstić information content (AvgIpc) is 3.77. The molecule has 1 N–H and O–H groups in total. The number of nitrogens with one attached hydrogen (secondary N) is 1. The van der Waals surface area contributed by atoms with E-state index in [0.29, 0.717) is 5.84 Å². The smallest absolute Gasteiger partial charge is 0.159 e. The van der Waals surface area contributed by atoms with Gasteiger partial charge in [-0.2, -0.15) is 0 Å². The minimum Gasteiger partial charge on any atom is -0.456 e. The van der Waals surface area contributed by atoms with Gasteiger partial charge in [-0.15, -0.1) is 0 Å². The van der Waals surface area contributed by atoms with E-state index < -0.39 is 0 Å². The first-order valence-corrected chi connectivity index (χ1v) is 20.0. The largest absolute Gasteiger partial charge is 0.456 e. The van der Waals surface area contributed by atoms with Crippen LogP contribution in [0, 0.1) is 0 Å². The summed E-state index contributed by atoms with van der Waals surface area (Å²) in [6.07, 6.45) is -0.351. The third-order valence-corrected chi connectivity index (χ3v) is 12.5. The molecule has 4 nitrogen and oxygen atoms in total. The lowest BCUT2D eigenvalue weighted by Crippen LogP contribution is -2.33. The Morgan fingerprint density at radius 2 is 1.09 bits per heavy atom. The van der Waals surface area contributed by atoms with Crippen molar-refractivity contribution in [3.05, 3.63) is 204 Å². The number of fused-ring (bicyclic) bond motifs is 12. The summed E-state index contributed by atoms with van der Waals surface area (Å²) >= 11 is 0. The van der Waals surface area contributed by atoms with Gasteiger partial charge in [0.05, 0.1) is 0 Å². The number of hydrogen-bond acceptors (Lipinski definition) is 4. The SMILES string of the molecule is CC1(C)c2ccccc2-c2cc(C3N=C(c4ccccc4)N=C(c4cccc5oc6ccc(-c7ccc8c9ccccc9c9ccccc9c8c7)cc6c45)N3)ccc21. The monoisotopic (exact) mass is 743 g/mol. The first-order chi connectivity index (χ1) is 28.5. The Kier molecular flexibility index (Phi) is 7.00. The Morgan fingerprint density at radius 1 is 0.466 bits per heavy atom. The highest BCUT2D eigenvalue weighted by atomic mass is 16.3. The van der Waals surface area contributed by atoms with Gasteiger partial charge in [-0.1, -0.05) is 159 Å². The van der Waals surface area contributed by atoms with Gasteiger partial charge in [0.25, 0.3) is 0 Å². The Labute approximate surface area is 335 Å². The summed E-state index contributed by atoms with van der Waals surface area (Å²) in [5.74, 6) is 1.46. The zero-order chi connectivity index (χ0) is 38.5. The van der Waals surface area contributed by atoms with Gasteiger partial charge in [0.15, 0.2) is 5.84 Å². The summed E-state index contributed by atoms with van der Waals surface area (Å²) in [7, 11) is 0. The number of amidine groups is 2. The number of nitrogens with zero attached hydrogens (tertiary/aromatic N) is 2. The molecule has 12 rings (SSSR count). The van der Waals surface area contributed by atoms with Gasteiger partial charge < -0.3 is 9.73 Å². The molecular weight excluding hydrogens is 707 g/mol. The van der Waals surface area contributed by atoms with Crippen LogP contribution >= 0.6 is 0 Å². The molecule has 0 spiro atoms. The maximum absolute atomic E-state index is 6.56. The van der Waals surface area contributed by atoms with Gasteiger partial charge >= 0.3 is 0 Å². The van der Waals surface area contributed by atoms with E-state index in [9.17, 15) is 0 Å². The summed E-state index contributed by atoms with van der Waals surface area (Å²) in [4.78, 5) is 10.5. The molecule has 1 aliphatic heterocycles. The topological polar surface area (TPSA) is 49.9 Å². The molecule has 4 heteroatoms. The average molecular weight is 744 g/mol. The zero-order valence-electron chi connectivity index (χ0n) is 32.1. The Hall–Kier alpha value is -7.30. The Balaban J connectivity index is 1.00. The minimum absolute atomic E-state index is 0.0681. The second kappa shape index (κ2) is 12.3. The molecule has 10 aromatic rings. The fourth-order valence-electron chi connectivity index (χ4n) is 9.67. The molecule has 0 amide bonds. The molecule has 0 fully saturated rings. The molecule has 0 saturated carbocycles. The minimum atomic E-state index is -0.351. The summed E-state index contributed by atoms with van der Waals surface area (Å²) in [6, 6.07) is 63.1. The molecule has 2 aliphatic rings. The third kappa shape index (κ3) is 4.88. The van der Waals surface area contributed by atoms with E-state index in [1.807, 2.05) is 18.2 Å². The normalized spacial score (nSPS) is 15.7. The summed E-state index contributed by atoms with van der Waals surface area (Å²) in [5, 5.41) is 13.5. The molecule has 58 heavy (non-hydrogen) atoms. The van der Waals surface area contributed by atoms with Crippen molar-refractivity contribution >= 4 is 65.9 Å². The maximum atomic E-state index is 6.56. The van der Waals surface area contributed by atoms with Crippen molar-refractivity contribution in [3.63, 3.8) is 0 Å². The van der Waals surface area contributed by atoms with Crippen LogP contribution < -0.4 is 5.32 Å². The molecule has 1 unspecified atom stereocenters. The van der Waals surface area contributed by atoms with E-state index >= 15 is 0 Å². The molecule has 1 aliphatic carbocycles. The number of rotatable bonds is 4. The van der Waals surface area contributed by atoms with Crippen molar-refractivity contribution in [2.24, 2.45) is 9.98 Å². The van der Waals surface area contributed by atoms with E-state index in [1.54, 1.807) is 0 Å². The third-order valence-electron chi connectivity index (χ3n) is 12.5. The van der Waals surface area contributed by atoms with E-state index in [2.05, 4.69) is 177 Å². The molecule has 9 aromatic carbocycles. The van der Waals surface area contributed by atoms with Gasteiger partial charge in [-0.05, 0) is 102 Å². The number of hydrogen-bond donors (Lipinski definition) is 1. The quantitative estimate of drug-likeness (QED) is 0.183. The number of benzene rings is 9. The fraction of sp³-hybridized carbons (Fsp3) is 0.0741. The standard InChI is InChI=1S/C54H37N3O/c1-54(2)46-21-11-10-19-41(46)44-31-35(24-27-47(44)54)52-55-51(32-13-4-3-5-14-32)56-53(57-52)42-20-12-22-49-50(42)45-30-34(25-28-48(45)58-49)33-23-26-40-38-17-7-6-15-36(38)37-16-8-9-18-39(37)43(40)29-33/h3-31,52H,1-2H3,(H,55,56,57). The highest BCUT2D eigenvalue weighted by molar-refractivity contribution is 6.26. The molecule has 274 valence electrons. The Morgan fingerprint density at radius 3 is 1.86 bits per heavy atom. The maximum Gasteiger partial charge on any atom is 0.159 e. The van der Waals surface area contributed by atoms with Crippen molar-refractivity contribution in [1.29, 1.82) is 0 Å². The highest BCUT2D eigenvalue weighted by Gasteiger charge is 2.36. The van der Waals surface area contributed by atoms with Crippen LogP contribution in [-0.2, 0) is 5.41 Å². The van der Waals surface area contributed by atoms with Crippen LogP contribution in [0.5, 0.6) is 0 Å². The van der Waals surface area contributed by atoms with Crippen LogP contribution in [0.15, 0.2) is 190 Å². The van der Waals surface area contributed by atoms with E-state index in [0.717, 1.165) is 55.6 Å². The first-order valence-electron chi connectivity index (χ1n) is 20.0. The van der Waals surface area contributed by atoms with Gasteiger partial charge in [-0.25, -0.2) is 9.98 Å². The van der Waals surface area contributed by atoms with Gasteiger partial charge in [0.2, 0.25) is 0 Å². The molecule has 2 heterocycles. The van der Waals surface area contributed by atoms with Crippen LogP contribution in [-0.4, -0.2) is 11.7 Å². The summed E-state index contributed by atoms with van der Waals surface area (Å²) in [5.41, 5.74) is 12.2. The van der Waals surface area contributed by atoms with E-state index in [4.69, 9.17) is 14.4 Å². The molecule has 1 atom stereocenters. The summed E-state index contributed by atoms with van der Waals surface area (Å²) < 4.78 is 6.56. The van der Waals surface area contributed by atoms with Gasteiger partial charge in [-0.3, -0.25) is 0 Å². The van der Waals surface area contributed by atoms with Gasteiger partial charge in [0.1, 0.15) is 23.2 Å². The van der Waals surface area contributed by atoms with E-state index in [1.165, 1.54) is 54.6 Å². The second-order valence-electron chi connectivity index (χ2n) is 16.1. The number of furan rings is 1. The van der Waals surface area contributed by atoms with Crippen molar-refractivity contribution in [3.8, 4) is 22.3 Å². The lowest BCUT2D eigenvalue weighted by molar-refractivity contribution is 0.654. The zero-order valence-corrected chi connectivity index (χ0v) is 32.1. The summed E-state index contributed by atoms with van der Waals surface area (Å²) in [6.45, 7) is 4.63. The molecular formula is C54H37N3O. The predicted octanol–water partition coefficient (Wildman–Crippen LogP) is 13.5. The number of aliphatic imine (C=N–C) groups is 2. The second-order valence-corrected chi connectivity index (χ2v) is 16.1. The Bertz CT molecular complexity index is 3370.